The van der Waals surface area contributed by atoms with Gasteiger partial charge in [0.25, 0.3) is 0 Å². The quantitative estimate of drug-likeness (QED) is 0.768. The highest BCUT2D eigenvalue weighted by Gasteiger charge is 2.78. The van der Waals surface area contributed by atoms with Gasteiger partial charge in [0, 0.05) is 25.3 Å². The number of rotatable bonds is 4. The predicted molar refractivity (Wildman–Crippen MR) is 121 cm³/mol. The zero-order chi connectivity index (χ0) is 22.6. The van der Waals surface area contributed by atoms with Crippen molar-refractivity contribution in [2.75, 3.05) is 18.5 Å². The Bertz CT molecular complexity index is 1050. The van der Waals surface area contributed by atoms with E-state index < -0.39 is 22.6 Å². The average Bonchev–Trinajstić information content (AvgIpc) is 3.29. The number of hydrogen-bond donors (Lipinski definition) is 1. The highest BCUT2D eigenvalue weighted by atomic mass is 16.6. The van der Waals surface area contributed by atoms with E-state index in [1.165, 1.54) is 0 Å². The Labute approximate surface area is 188 Å². The van der Waals surface area contributed by atoms with Crippen LogP contribution >= 0.6 is 0 Å². The zero-order valence-electron chi connectivity index (χ0n) is 18.9. The molecule has 1 saturated heterocycles. The molecule has 2 fully saturated rings. The van der Waals surface area contributed by atoms with Gasteiger partial charge in [-0.15, -0.1) is 0 Å². The Morgan fingerprint density at radius 1 is 1.12 bits per heavy atom. The van der Waals surface area contributed by atoms with Gasteiger partial charge in [-0.1, -0.05) is 48.5 Å². The monoisotopic (exact) mass is 434 g/mol. The lowest BCUT2D eigenvalue weighted by atomic mass is 9.53. The predicted octanol–water partition coefficient (Wildman–Crippen LogP) is 4.49. The number of ether oxygens (including phenoxy) is 2. The van der Waals surface area contributed by atoms with Crippen molar-refractivity contribution in [3.63, 3.8) is 0 Å². The molecule has 2 heterocycles. The standard InChI is InChI=1S/C26H30N2O4/c1-4-31-22-16-21(29)24(2,3)26-25(22,19-12-8-9-13-20(19)27-26)14-15-28(26)23(30)32-17-18-10-6-5-7-11-18/h5-13,22,27H,4,14-17H2,1-3H3/t22-,25-,26-/m1/s1. The second-order valence-electron chi connectivity index (χ2n) is 9.49. The van der Waals surface area contributed by atoms with Crippen LogP contribution in [0.1, 0.15) is 44.7 Å². The fourth-order valence-corrected chi connectivity index (χ4v) is 6.41. The van der Waals surface area contributed by atoms with Crippen molar-refractivity contribution in [3.05, 3.63) is 65.7 Å². The number of hydrogen-bond acceptors (Lipinski definition) is 5. The van der Waals surface area contributed by atoms with Gasteiger partial charge in [0.05, 0.1) is 16.9 Å². The number of nitrogens with one attached hydrogen (secondary N) is 1. The minimum atomic E-state index is -0.952. The second kappa shape index (κ2) is 7.34. The molecular weight excluding hydrogens is 404 g/mol. The van der Waals surface area contributed by atoms with Gasteiger partial charge in [-0.25, -0.2) is 4.79 Å². The van der Waals surface area contributed by atoms with Gasteiger partial charge in [0.2, 0.25) is 0 Å². The van der Waals surface area contributed by atoms with E-state index in [1.54, 1.807) is 4.90 Å². The van der Waals surface area contributed by atoms with E-state index in [2.05, 4.69) is 11.4 Å². The van der Waals surface area contributed by atoms with Crippen molar-refractivity contribution in [2.45, 2.75) is 57.4 Å². The number of likely N-dealkylation sites (tertiary alicyclic amines) is 1. The summed E-state index contributed by atoms with van der Waals surface area (Å²) in [5, 5.41) is 3.67. The Balaban J connectivity index is 1.60. The summed E-state index contributed by atoms with van der Waals surface area (Å²) in [4.78, 5) is 28.8. The smallest absolute Gasteiger partial charge is 0.412 e. The lowest BCUT2D eigenvalue weighted by Crippen LogP contribution is -2.75. The first-order chi connectivity index (χ1) is 15.4. The lowest BCUT2D eigenvalue weighted by molar-refractivity contribution is -0.157. The van der Waals surface area contributed by atoms with Crippen LogP contribution in [0.15, 0.2) is 54.6 Å². The summed E-state index contributed by atoms with van der Waals surface area (Å²) in [5.41, 5.74) is 0.702. The number of carbonyl (C=O) groups is 2. The Kier molecular flexibility index (Phi) is 4.82. The summed E-state index contributed by atoms with van der Waals surface area (Å²) in [6, 6.07) is 17.8. The summed E-state index contributed by atoms with van der Waals surface area (Å²) in [7, 11) is 0. The van der Waals surface area contributed by atoms with Crippen LogP contribution in [0.25, 0.3) is 0 Å². The van der Waals surface area contributed by atoms with Crippen molar-refractivity contribution >= 4 is 17.6 Å². The highest BCUT2D eigenvalue weighted by Crippen LogP contribution is 2.66. The highest BCUT2D eigenvalue weighted by molar-refractivity contribution is 5.93. The van der Waals surface area contributed by atoms with Crippen molar-refractivity contribution < 1.29 is 19.1 Å². The maximum absolute atomic E-state index is 13.5. The molecule has 1 N–H and O–H groups in total. The van der Waals surface area contributed by atoms with Crippen LogP contribution in [0, 0.1) is 5.41 Å². The zero-order valence-corrected chi connectivity index (χ0v) is 18.9. The molecule has 0 radical (unpaired) electrons. The Morgan fingerprint density at radius 3 is 2.59 bits per heavy atom. The van der Waals surface area contributed by atoms with Crippen molar-refractivity contribution in [2.24, 2.45) is 5.41 Å². The lowest BCUT2D eigenvalue weighted by Gasteiger charge is -2.58. The number of anilines is 1. The van der Waals surface area contributed by atoms with Gasteiger partial charge in [0.1, 0.15) is 18.1 Å². The summed E-state index contributed by atoms with van der Waals surface area (Å²) in [6.45, 7) is 7.06. The van der Waals surface area contributed by atoms with E-state index in [0.717, 1.165) is 16.8 Å². The summed E-state index contributed by atoms with van der Waals surface area (Å²) in [6.07, 6.45) is 0.329. The molecule has 0 aromatic heterocycles. The average molecular weight is 435 g/mol. The van der Waals surface area contributed by atoms with E-state index in [-0.39, 0.29) is 18.5 Å². The molecule has 6 heteroatoms. The van der Waals surface area contributed by atoms with Gasteiger partial charge < -0.3 is 14.8 Å². The summed E-state index contributed by atoms with van der Waals surface area (Å²) in [5.74, 6) is 0.0923. The number of carbonyl (C=O) groups excluding carboxylic acids is 2. The Hall–Kier alpha value is -2.86. The van der Waals surface area contributed by atoms with Crippen LogP contribution in [0.4, 0.5) is 10.5 Å². The van der Waals surface area contributed by atoms with Gasteiger partial charge in [-0.3, -0.25) is 9.69 Å². The van der Waals surface area contributed by atoms with Crippen LogP contribution in [-0.4, -0.2) is 41.7 Å². The number of ketones is 1. The fraction of sp³-hybridized carbons (Fsp3) is 0.462. The fourth-order valence-electron chi connectivity index (χ4n) is 6.41. The molecule has 3 atom stereocenters. The number of Topliss-reactive ketones (excluding diaryl/α,β-unsaturated/α-hetero) is 1. The first-order valence-corrected chi connectivity index (χ1v) is 11.4. The third-order valence-corrected chi connectivity index (χ3v) is 7.82. The van der Waals surface area contributed by atoms with Gasteiger partial charge >= 0.3 is 6.09 Å². The molecule has 1 saturated carbocycles. The molecule has 2 aromatic carbocycles. The largest absolute Gasteiger partial charge is 0.444 e. The van der Waals surface area contributed by atoms with Crippen molar-refractivity contribution in [3.8, 4) is 0 Å². The second-order valence-corrected chi connectivity index (χ2v) is 9.49. The van der Waals surface area contributed by atoms with Gasteiger partial charge in [-0.2, -0.15) is 0 Å². The molecule has 0 spiro atoms. The number of benzene rings is 2. The maximum Gasteiger partial charge on any atom is 0.412 e. The molecule has 3 aliphatic rings. The number of nitrogens with zero attached hydrogens (tertiary/aromatic N) is 1. The first kappa shape index (κ1) is 21.0. The molecule has 2 aliphatic heterocycles. The molecule has 0 bridgehead atoms. The van der Waals surface area contributed by atoms with Gasteiger partial charge in [0.15, 0.2) is 0 Å². The summed E-state index contributed by atoms with van der Waals surface area (Å²) >= 11 is 0. The van der Waals surface area contributed by atoms with E-state index in [4.69, 9.17) is 9.47 Å². The van der Waals surface area contributed by atoms with Crippen molar-refractivity contribution in [1.82, 2.24) is 4.90 Å². The van der Waals surface area contributed by atoms with Crippen LogP contribution in [0.5, 0.6) is 0 Å². The molecule has 168 valence electrons. The number of para-hydroxylation sites is 1. The molecular formula is C26H30N2O4. The van der Waals surface area contributed by atoms with Crippen LogP contribution in [0.3, 0.4) is 0 Å². The minimum Gasteiger partial charge on any atom is -0.444 e. The summed E-state index contributed by atoms with van der Waals surface area (Å²) < 4.78 is 12.0. The molecule has 1 aliphatic carbocycles. The first-order valence-electron chi connectivity index (χ1n) is 11.4. The number of fused-ring (bicyclic) bond motifs is 1. The Morgan fingerprint density at radius 2 is 1.84 bits per heavy atom. The van der Waals surface area contributed by atoms with Crippen LogP contribution in [0.2, 0.25) is 0 Å². The minimum absolute atomic E-state index is 0.0923. The van der Waals surface area contributed by atoms with E-state index in [9.17, 15) is 9.59 Å². The molecule has 5 rings (SSSR count). The third-order valence-electron chi connectivity index (χ3n) is 7.82. The van der Waals surface area contributed by atoms with E-state index >= 15 is 0 Å². The normalized spacial score (nSPS) is 29.7. The van der Waals surface area contributed by atoms with Crippen molar-refractivity contribution in [1.29, 1.82) is 0 Å². The number of amides is 1. The van der Waals surface area contributed by atoms with Gasteiger partial charge in [-0.05, 0) is 44.4 Å². The molecule has 6 nitrogen and oxygen atoms in total. The third kappa shape index (κ3) is 2.56. The maximum atomic E-state index is 13.5. The van der Waals surface area contributed by atoms with Crippen LogP contribution in [-0.2, 0) is 26.3 Å². The van der Waals surface area contributed by atoms with Crippen LogP contribution < -0.4 is 5.32 Å². The molecule has 0 unspecified atom stereocenters. The SMILES string of the molecule is CCO[C@@H]1CC(=O)C(C)(C)[C@]23Nc4ccccc4[C@]12CCN3C(=O)OCc1ccccc1. The van der Waals surface area contributed by atoms with E-state index in [1.807, 2.05) is 69.3 Å². The molecule has 1 amide bonds. The molecule has 32 heavy (non-hydrogen) atoms. The molecule has 2 aromatic rings. The topological polar surface area (TPSA) is 67.9 Å². The van der Waals surface area contributed by atoms with E-state index in [0.29, 0.717) is 26.0 Å².